The molecule has 1 amide bonds. The largest absolute Gasteiger partial charge is 0.338 e. The highest BCUT2D eigenvalue weighted by Gasteiger charge is 2.21. The summed E-state index contributed by atoms with van der Waals surface area (Å²) in [6.07, 6.45) is 19.0. The molecule has 0 aromatic rings. The lowest BCUT2D eigenvalue weighted by atomic mass is 10.0. The predicted molar refractivity (Wildman–Crippen MR) is 111 cm³/mol. The van der Waals surface area contributed by atoms with Crippen LogP contribution in [0.3, 0.4) is 0 Å². The van der Waals surface area contributed by atoms with Gasteiger partial charge in [0.1, 0.15) is 0 Å². The summed E-state index contributed by atoms with van der Waals surface area (Å²) in [4.78, 5) is 12.0. The van der Waals surface area contributed by atoms with Gasteiger partial charge in [-0.1, -0.05) is 97.8 Å². The van der Waals surface area contributed by atoms with E-state index in [1.807, 2.05) is 0 Å². The lowest BCUT2D eigenvalue weighted by molar-refractivity contribution is -0.123. The van der Waals surface area contributed by atoms with E-state index in [9.17, 15) is 4.79 Å². The molecule has 25 heavy (non-hydrogen) atoms. The minimum Gasteiger partial charge on any atom is -0.338 e. The first kappa shape index (κ1) is 24.4. The molecule has 0 heterocycles. The van der Waals surface area contributed by atoms with Crippen molar-refractivity contribution in [2.75, 3.05) is 6.54 Å². The first-order valence-corrected chi connectivity index (χ1v) is 11.1. The Morgan fingerprint density at radius 3 is 1.56 bits per heavy atom. The van der Waals surface area contributed by atoms with Gasteiger partial charge in [0.2, 0.25) is 5.91 Å². The molecule has 0 radical (unpaired) electrons. The zero-order chi connectivity index (χ0) is 18.8. The summed E-state index contributed by atoms with van der Waals surface area (Å²) < 4.78 is 0. The van der Waals surface area contributed by atoms with Gasteiger partial charge in [-0.3, -0.25) is 10.1 Å². The van der Waals surface area contributed by atoms with Crippen molar-refractivity contribution in [3.8, 4) is 0 Å². The fourth-order valence-electron chi connectivity index (χ4n) is 3.32. The van der Waals surface area contributed by atoms with E-state index in [0.29, 0.717) is 6.42 Å². The van der Waals surface area contributed by atoms with Gasteiger partial charge in [-0.25, -0.2) is 0 Å². The van der Waals surface area contributed by atoms with E-state index in [-0.39, 0.29) is 11.6 Å². The van der Waals surface area contributed by atoms with Crippen LogP contribution in [-0.2, 0) is 4.79 Å². The van der Waals surface area contributed by atoms with Crippen LogP contribution in [0, 0.1) is 0 Å². The molecule has 3 heteroatoms. The molecule has 0 bridgehead atoms. The summed E-state index contributed by atoms with van der Waals surface area (Å²) in [5, 5.41) is 6.49. The zero-order valence-electron chi connectivity index (χ0n) is 17.7. The summed E-state index contributed by atoms with van der Waals surface area (Å²) in [6, 6.07) is 0. The van der Waals surface area contributed by atoms with Crippen molar-refractivity contribution in [2.24, 2.45) is 0 Å². The van der Waals surface area contributed by atoms with Crippen molar-refractivity contribution in [1.29, 1.82) is 0 Å². The second-order valence-electron chi connectivity index (χ2n) is 7.76. The molecule has 2 N–H and O–H groups in total. The first-order chi connectivity index (χ1) is 12.1. The molecule has 0 rings (SSSR count). The number of amides is 1. The molecular formula is C22H46N2O. The highest BCUT2D eigenvalue weighted by atomic mass is 16.1. The Labute approximate surface area is 158 Å². The molecule has 0 aromatic carbocycles. The summed E-state index contributed by atoms with van der Waals surface area (Å²) in [5.74, 6) is 0.188. The summed E-state index contributed by atoms with van der Waals surface area (Å²) >= 11 is 0. The van der Waals surface area contributed by atoms with E-state index in [0.717, 1.165) is 19.4 Å². The maximum absolute atomic E-state index is 12.0. The van der Waals surface area contributed by atoms with Crippen molar-refractivity contribution < 1.29 is 4.79 Å². The van der Waals surface area contributed by atoms with E-state index in [1.165, 1.54) is 77.0 Å². The van der Waals surface area contributed by atoms with Gasteiger partial charge in [0.25, 0.3) is 0 Å². The highest BCUT2D eigenvalue weighted by molar-refractivity contribution is 5.76. The topological polar surface area (TPSA) is 41.1 Å². The summed E-state index contributed by atoms with van der Waals surface area (Å²) in [6.45, 7) is 9.40. The fourth-order valence-corrected chi connectivity index (χ4v) is 3.32. The minimum atomic E-state index is -0.248. The number of rotatable bonds is 18. The number of nitrogens with one attached hydrogen (secondary N) is 2. The van der Waals surface area contributed by atoms with E-state index in [2.05, 4.69) is 38.3 Å². The second-order valence-corrected chi connectivity index (χ2v) is 7.76. The van der Waals surface area contributed by atoms with Crippen LogP contribution in [0.25, 0.3) is 0 Å². The lowest BCUT2D eigenvalue weighted by Gasteiger charge is -2.30. The SMILES string of the molecule is CCCCCCCCCCCCCCCC(=O)NC(C)(CC)NCC. The quantitative estimate of drug-likeness (QED) is 0.223. The maximum Gasteiger partial charge on any atom is 0.221 e. The van der Waals surface area contributed by atoms with Crippen LogP contribution < -0.4 is 10.6 Å². The van der Waals surface area contributed by atoms with Crippen molar-refractivity contribution in [1.82, 2.24) is 10.6 Å². The first-order valence-electron chi connectivity index (χ1n) is 11.1. The molecule has 0 fully saturated rings. The van der Waals surface area contributed by atoms with Crippen LogP contribution in [0.4, 0.5) is 0 Å². The molecule has 1 unspecified atom stereocenters. The minimum absolute atomic E-state index is 0.188. The molecule has 0 aromatic heterocycles. The third kappa shape index (κ3) is 15.4. The Morgan fingerprint density at radius 1 is 0.720 bits per heavy atom. The number of carbonyl (C=O) groups is 1. The van der Waals surface area contributed by atoms with Crippen LogP contribution in [0.5, 0.6) is 0 Å². The third-order valence-electron chi connectivity index (χ3n) is 5.20. The van der Waals surface area contributed by atoms with Crippen LogP contribution in [0.2, 0.25) is 0 Å². The Balaban J connectivity index is 3.39. The van der Waals surface area contributed by atoms with Gasteiger partial charge in [0, 0.05) is 6.42 Å². The van der Waals surface area contributed by atoms with E-state index in [1.54, 1.807) is 0 Å². The molecule has 0 aliphatic carbocycles. The van der Waals surface area contributed by atoms with Gasteiger partial charge < -0.3 is 5.32 Å². The molecule has 0 aliphatic rings. The third-order valence-corrected chi connectivity index (χ3v) is 5.20. The van der Waals surface area contributed by atoms with E-state index in [4.69, 9.17) is 0 Å². The number of carbonyl (C=O) groups excluding carboxylic acids is 1. The van der Waals surface area contributed by atoms with Gasteiger partial charge >= 0.3 is 0 Å². The Kier molecular flexibility index (Phi) is 16.5. The lowest BCUT2D eigenvalue weighted by Crippen LogP contribution is -2.56. The molecule has 150 valence electrons. The number of hydrogen-bond acceptors (Lipinski definition) is 2. The Bertz CT molecular complexity index is 306. The molecule has 0 saturated carbocycles. The number of unbranched alkanes of at least 4 members (excludes halogenated alkanes) is 12. The van der Waals surface area contributed by atoms with Crippen LogP contribution in [-0.4, -0.2) is 18.1 Å². The van der Waals surface area contributed by atoms with Gasteiger partial charge in [-0.2, -0.15) is 0 Å². The average molecular weight is 355 g/mol. The molecule has 0 saturated heterocycles. The molecule has 0 spiro atoms. The fraction of sp³-hybridized carbons (Fsp3) is 0.955. The average Bonchev–Trinajstić information content (AvgIpc) is 2.59. The highest BCUT2D eigenvalue weighted by Crippen LogP contribution is 2.13. The van der Waals surface area contributed by atoms with Crippen LogP contribution >= 0.6 is 0 Å². The molecular weight excluding hydrogens is 308 g/mol. The van der Waals surface area contributed by atoms with Gasteiger partial charge in [0.05, 0.1) is 5.66 Å². The van der Waals surface area contributed by atoms with Gasteiger partial charge in [-0.15, -0.1) is 0 Å². The normalized spacial score (nSPS) is 13.6. The maximum atomic E-state index is 12.0. The van der Waals surface area contributed by atoms with Crippen molar-refractivity contribution >= 4 is 5.91 Å². The van der Waals surface area contributed by atoms with Gasteiger partial charge in [0.15, 0.2) is 0 Å². The zero-order valence-corrected chi connectivity index (χ0v) is 17.7. The monoisotopic (exact) mass is 354 g/mol. The predicted octanol–water partition coefficient (Wildman–Crippen LogP) is 6.32. The van der Waals surface area contributed by atoms with E-state index < -0.39 is 0 Å². The molecule has 0 aliphatic heterocycles. The summed E-state index contributed by atoms with van der Waals surface area (Å²) in [7, 11) is 0. The van der Waals surface area contributed by atoms with Crippen LogP contribution in [0.15, 0.2) is 0 Å². The number of hydrogen-bond donors (Lipinski definition) is 2. The second kappa shape index (κ2) is 16.9. The molecule has 1 atom stereocenters. The van der Waals surface area contributed by atoms with Gasteiger partial charge in [-0.05, 0) is 26.3 Å². The van der Waals surface area contributed by atoms with Crippen molar-refractivity contribution in [3.05, 3.63) is 0 Å². The van der Waals surface area contributed by atoms with E-state index >= 15 is 0 Å². The smallest absolute Gasteiger partial charge is 0.221 e. The van der Waals surface area contributed by atoms with Crippen LogP contribution in [0.1, 0.15) is 124 Å². The Hall–Kier alpha value is -0.570. The Morgan fingerprint density at radius 2 is 1.16 bits per heavy atom. The standard InChI is InChI=1S/C22H46N2O/c1-5-8-9-10-11-12-13-14-15-16-17-18-19-20-21(25)24-22(4,6-2)23-7-3/h23H,5-20H2,1-4H3,(H,24,25). The van der Waals surface area contributed by atoms with Crippen molar-refractivity contribution in [2.45, 2.75) is 130 Å². The summed E-state index contributed by atoms with van der Waals surface area (Å²) in [5.41, 5.74) is -0.248. The van der Waals surface area contributed by atoms with Crippen molar-refractivity contribution in [3.63, 3.8) is 0 Å². The molecule has 3 nitrogen and oxygen atoms in total.